The van der Waals surface area contributed by atoms with Crippen LogP contribution in [-0.4, -0.2) is 24.9 Å². The summed E-state index contributed by atoms with van der Waals surface area (Å²) in [7, 11) is 0. The van der Waals surface area contributed by atoms with Gasteiger partial charge in [-0.2, -0.15) is 0 Å². The van der Waals surface area contributed by atoms with Gasteiger partial charge < -0.3 is 0 Å². The molecule has 0 unspecified atom stereocenters. The molecule has 0 fully saturated rings. The van der Waals surface area contributed by atoms with Crippen molar-refractivity contribution in [2.45, 2.75) is 0 Å². The molecule has 1 heterocycles. The topological polar surface area (TPSA) is 89.5 Å². The molecule has 0 radical (unpaired) electrons. The minimum atomic E-state index is -0.549. The van der Waals surface area contributed by atoms with E-state index in [2.05, 4.69) is 4.98 Å². The summed E-state index contributed by atoms with van der Waals surface area (Å²) in [5.74, 6) is 0. The predicted octanol–water partition coefficient (Wildman–Crippen LogP) is -2.13. The molecule has 1 rings (SSSR count). The van der Waals surface area contributed by atoms with Crippen molar-refractivity contribution in [3.63, 3.8) is 0 Å². The Balaban J connectivity index is 3.23. The second kappa shape index (κ2) is 3.19. The fourth-order valence-electron chi connectivity index (χ4n) is 0.522. The van der Waals surface area contributed by atoms with Crippen LogP contribution in [-0.2, 0) is 0 Å². The van der Waals surface area contributed by atoms with Gasteiger partial charge in [0.1, 0.15) is 0 Å². The normalized spacial score (nSPS) is 9.00. The van der Waals surface area contributed by atoms with Crippen molar-refractivity contribution in [3.05, 3.63) is 27.0 Å². The second-order valence-corrected chi connectivity index (χ2v) is 3.36. The third kappa shape index (κ3) is 1.80. The number of nitrogens with one attached hydrogen (secondary N) is 2. The molecule has 0 aliphatic heterocycles. The van der Waals surface area contributed by atoms with Crippen LogP contribution in [0.25, 0.3) is 0 Å². The quantitative estimate of drug-likeness (QED) is 0.525. The Hall–Kier alpha value is -1.31. The van der Waals surface area contributed by atoms with E-state index in [9.17, 15) is 9.59 Å². The van der Waals surface area contributed by atoms with E-state index >= 15 is 0 Å². The Labute approximate surface area is 67.2 Å². The van der Waals surface area contributed by atoms with Crippen LogP contribution in [0.3, 0.4) is 0 Å². The number of hydrogen-bond acceptors (Lipinski definition) is 3. The number of rotatable bonds is 1. The van der Waals surface area contributed by atoms with Crippen molar-refractivity contribution >= 4 is 19.4 Å². The van der Waals surface area contributed by atoms with Crippen molar-refractivity contribution in [3.8, 4) is 4.97 Å². The summed E-state index contributed by atoms with van der Waals surface area (Å²) in [5, 5.41) is 8.25. The number of H-pyrrole nitrogens is 2. The SMILES string of the molecule is N#C[Se]c1c[nH]c(=O)[nH]c1=O. The van der Waals surface area contributed by atoms with Gasteiger partial charge in [0.2, 0.25) is 0 Å². The van der Waals surface area contributed by atoms with Crippen LogP contribution in [0, 0.1) is 10.2 Å². The summed E-state index contributed by atoms with van der Waals surface area (Å²) >= 11 is -0.516. The average molecular weight is 216 g/mol. The van der Waals surface area contributed by atoms with E-state index in [0.29, 0.717) is 4.46 Å². The Morgan fingerprint density at radius 3 is 2.82 bits per heavy atom. The molecule has 0 spiro atoms. The van der Waals surface area contributed by atoms with Crippen LogP contribution in [0.4, 0.5) is 0 Å². The molecule has 0 aromatic carbocycles. The maximum atomic E-state index is 10.8. The Bertz CT molecular complexity index is 399. The molecular weight excluding hydrogens is 213 g/mol. The van der Waals surface area contributed by atoms with E-state index in [1.807, 2.05) is 9.95 Å². The zero-order valence-electron chi connectivity index (χ0n) is 5.25. The summed E-state index contributed by atoms with van der Waals surface area (Å²) in [6.45, 7) is 0. The van der Waals surface area contributed by atoms with Crippen molar-refractivity contribution in [2.75, 3.05) is 0 Å². The third-order valence-corrected chi connectivity index (χ3v) is 2.23. The van der Waals surface area contributed by atoms with Gasteiger partial charge in [-0.1, -0.05) is 0 Å². The Morgan fingerprint density at radius 2 is 2.27 bits per heavy atom. The number of aromatic amines is 2. The molecule has 6 heteroatoms. The van der Waals surface area contributed by atoms with Crippen molar-refractivity contribution < 1.29 is 0 Å². The molecule has 0 bridgehead atoms. The van der Waals surface area contributed by atoms with Gasteiger partial charge in [-0.3, -0.25) is 0 Å². The van der Waals surface area contributed by atoms with Gasteiger partial charge in [0.25, 0.3) is 0 Å². The first-order valence-corrected chi connectivity index (χ1v) is 4.33. The van der Waals surface area contributed by atoms with E-state index in [1.54, 1.807) is 0 Å². The molecule has 2 N–H and O–H groups in total. The molecule has 1 aromatic rings. The van der Waals surface area contributed by atoms with Gasteiger partial charge in [0, 0.05) is 0 Å². The minimum absolute atomic E-state index is 0.333. The molecule has 11 heavy (non-hydrogen) atoms. The first-order chi connectivity index (χ1) is 5.24. The zero-order chi connectivity index (χ0) is 8.27. The van der Waals surface area contributed by atoms with Crippen LogP contribution in [0.15, 0.2) is 15.8 Å². The van der Waals surface area contributed by atoms with Gasteiger partial charge in [-0.05, 0) is 0 Å². The van der Waals surface area contributed by atoms with Gasteiger partial charge in [0.15, 0.2) is 0 Å². The van der Waals surface area contributed by atoms with Crippen LogP contribution in [0.2, 0.25) is 0 Å². The molecule has 0 aliphatic carbocycles. The van der Waals surface area contributed by atoms with E-state index in [4.69, 9.17) is 5.26 Å². The average Bonchev–Trinajstić information content (AvgIpc) is 1.95. The molecule has 56 valence electrons. The van der Waals surface area contributed by atoms with Crippen LogP contribution in [0.5, 0.6) is 0 Å². The molecular formula is C5H3N3O2Se. The molecule has 5 nitrogen and oxygen atoms in total. The van der Waals surface area contributed by atoms with E-state index in [0.717, 1.165) is 0 Å². The first kappa shape index (κ1) is 7.79. The summed E-state index contributed by atoms with van der Waals surface area (Å²) in [5.41, 5.74) is -1.03. The maximum absolute atomic E-state index is 10.8. The fourth-order valence-corrected chi connectivity index (χ4v) is 1.28. The molecule has 0 saturated carbocycles. The van der Waals surface area contributed by atoms with E-state index in [1.165, 1.54) is 6.20 Å². The number of hydrogen-bond donors (Lipinski definition) is 2. The standard InChI is InChI=1S/C5H3N3O2Se/c6-2-11-3-1-7-5(10)8-4(3)9/h1H,(H2,7,8,9,10). The number of nitrogens with zero attached hydrogens (tertiary/aromatic N) is 1. The number of aromatic nitrogens is 2. The molecule has 1 aromatic heterocycles. The van der Waals surface area contributed by atoms with Gasteiger partial charge in [0.05, 0.1) is 0 Å². The Kier molecular flexibility index (Phi) is 2.26. The van der Waals surface area contributed by atoms with Crippen LogP contribution in [0.1, 0.15) is 0 Å². The summed E-state index contributed by atoms with van der Waals surface area (Å²) in [6, 6.07) is 0. The number of nitriles is 1. The molecule has 0 atom stereocenters. The van der Waals surface area contributed by atoms with Crippen molar-refractivity contribution in [1.29, 1.82) is 5.26 Å². The van der Waals surface area contributed by atoms with Gasteiger partial charge in [-0.25, -0.2) is 0 Å². The summed E-state index contributed by atoms with van der Waals surface area (Å²) in [6.07, 6.45) is 1.27. The van der Waals surface area contributed by atoms with Crippen LogP contribution >= 0.6 is 0 Å². The first-order valence-electron chi connectivity index (χ1n) is 2.62. The van der Waals surface area contributed by atoms with Gasteiger partial charge >= 0.3 is 66.7 Å². The third-order valence-electron chi connectivity index (χ3n) is 0.941. The van der Waals surface area contributed by atoms with Crippen molar-refractivity contribution in [2.24, 2.45) is 0 Å². The molecule has 0 saturated heterocycles. The summed E-state index contributed by atoms with van der Waals surface area (Å²) < 4.78 is 0.333. The van der Waals surface area contributed by atoms with Gasteiger partial charge in [-0.15, -0.1) is 0 Å². The fraction of sp³-hybridized carbons (Fsp3) is 0. The van der Waals surface area contributed by atoms with Crippen LogP contribution < -0.4 is 15.7 Å². The zero-order valence-corrected chi connectivity index (χ0v) is 6.96. The second-order valence-electron chi connectivity index (χ2n) is 1.63. The monoisotopic (exact) mass is 217 g/mol. The summed E-state index contributed by atoms with van der Waals surface area (Å²) in [4.78, 5) is 27.4. The molecule has 0 amide bonds. The van der Waals surface area contributed by atoms with E-state index < -0.39 is 26.2 Å². The van der Waals surface area contributed by atoms with E-state index in [-0.39, 0.29) is 0 Å². The Morgan fingerprint density at radius 1 is 1.55 bits per heavy atom. The molecule has 0 aliphatic rings. The van der Waals surface area contributed by atoms with Crippen molar-refractivity contribution in [1.82, 2.24) is 9.97 Å². The predicted molar refractivity (Wildman–Crippen MR) is 38.7 cm³/mol.